The molecule has 6 nitrogen and oxygen atoms in total. The van der Waals surface area contributed by atoms with Crippen LogP contribution in [-0.2, 0) is 0 Å². The van der Waals surface area contributed by atoms with Gasteiger partial charge in [0, 0.05) is 31.9 Å². The summed E-state index contributed by atoms with van der Waals surface area (Å²) in [5.41, 5.74) is 2.16. The molecular formula is C22H22FN5OS. The van der Waals surface area contributed by atoms with Gasteiger partial charge < -0.3 is 10.0 Å². The van der Waals surface area contributed by atoms with Gasteiger partial charge >= 0.3 is 0 Å². The molecule has 0 bridgehead atoms. The van der Waals surface area contributed by atoms with Crippen LogP contribution in [0, 0.1) is 12.7 Å². The van der Waals surface area contributed by atoms with Gasteiger partial charge in [0.05, 0.1) is 10.9 Å². The Kier molecular flexibility index (Phi) is 4.88. The van der Waals surface area contributed by atoms with Crippen molar-refractivity contribution < 1.29 is 9.50 Å². The molecule has 0 saturated carbocycles. The van der Waals surface area contributed by atoms with E-state index in [2.05, 4.69) is 32.0 Å². The number of halogens is 1. The molecular weight excluding hydrogens is 401 g/mol. The molecule has 0 amide bonds. The van der Waals surface area contributed by atoms with Gasteiger partial charge in [-0.3, -0.25) is 4.90 Å². The highest BCUT2D eigenvalue weighted by Crippen LogP contribution is 2.40. The van der Waals surface area contributed by atoms with Crippen LogP contribution in [0.15, 0.2) is 54.6 Å². The molecule has 2 aromatic heterocycles. The van der Waals surface area contributed by atoms with Crippen molar-refractivity contribution in [1.29, 1.82) is 0 Å². The van der Waals surface area contributed by atoms with Gasteiger partial charge in [0.15, 0.2) is 0 Å². The highest BCUT2D eigenvalue weighted by molar-refractivity contribution is 7.17. The summed E-state index contributed by atoms with van der Waals surface area (Å²) < 4.78 is 14.8. The van der Waals surface area contributed by atoms with Gasteiger partial charge in [-0.15, -0.1) is 5.10 Å². The number of piperazine rings is 1. The fourth-order valence-corrected chi connectivity index (χ4v) is 5.24. The zero-order valence-electron chi connectivity index (χ0n) is 16.6. The maximum atomic E-state index is 13.3. The van der Waals surface area contributed by atoms with Crippen LogP contribution >= 0.6 is 11.3 Å². The van der Waals surface area contributed by atoms with Crippen molar-refractivity contribution in [2.45, 2.75) is 13.0 Å². The number of benzene rings is 2. The highest BCUT2D eigenvalue weighted by Gasteiger charge is 2.31. The van der Waals surface area contributed by atoms with Gasteiger partial charge in [0.2, 0.25) is 10.8 Å². The van der Waals surface area contributed by atoms with Crippen LogP contribution in [0.4, 0.5) is 10.1 Å². The van der Waals surface area contributed by atoms with E-state index in [9.17, 15) is 9.50 Å². The standard InChI is InChI=1S/C22H22FN5OS/c1-15-24-22-28(25-15)21(29)20(30-22)19(16-5-3-2-4-6-16)27-13-11-26(12-14-27)18-9-7-17(23)8-10-18/h2-10,19,29H,11-14H2,1H3/t19-/m0/s1. The molecule has 1 aliphatic heterocycles. The van der Waals surface area contributed by atoms with E-state index in [4.69, 9.17) is 0 Å². The third-order valence-corrected chi connectivity index (χ3v) is 6.61. The predicted octanol–water partition coefficient (Wildman–Crippen LogP) is 3.86. The number of aromatic nitrogens is 3. The molecule has 0 aliphatic carbocycles. The maximum Gasteiger partial charge on any atom is 0.230 e. The van der Waals surface area contributed by atoms with E-state index in [-0.39, 0.29) is 17.7 Å². The summed E-state index contributed by atoms with van der Waals surface area (Å²) in [7, 11) is 0. The lowest BCUT2D eigenvalue weighted by Crippen LogP contribution is -2.47. The first-order valence-electron chi connectivity index (χ1n) is 9.94. The second-order valence-corrected chi connectivity index (χ2v) is 8.47. The molecule has 1 atom stereocenters. The average molecular weight is 424 g/mol. The Morgan fingerprint density at radius 3 is 2.37 bits per heavy atom. The Morgan fingerprint density at radius 2 is 1.70 bits per heavy atom. The fraction of sp³-hybridized carbons (Fsp3) is 0.273. The van der Waals surface area contributed by atoms with Gasteiger partial charge in [-0.25, -0.2) is 9.37 Å². The molecule has 0 spiro atoms. The molecule has 1 saturated heterocycles. The van der Waals surface area contributed by atoms with Crippen molar-refractivity contribution >= 4 is 22.0 Å². The second-order valence-electron chi connectivity index (χ2n) is 7.46. The first kappa shape index (κ1) is 19.0. The number of anilines is 1. The quantitative estimate of drug-likeness (QED) is 0.540. The predicted molar refractivity (Wildman–Crippen MR) is 116 cm³/mol. The van der Waals surface area contributed by atoms with Gasteiger partial charge in [-0.2, -0.15) is 4.52 Å². The molecule has 0 radical (unpaired) electrons. The van der Waals surface area contributed by atoms with Crippen LogP contribution in [0.2, 0.25) is 0 Å². The van der Waals surface area contributed by atoms with Crippen molar-refractivity contribution in [3.8, 4) is 5.88 Å². The van der Waals surface area contributed by atoms with Gasteiger partial charge in [0.25, 0.3) is 0 Å². The average Bonchev–Trinajstić information content (AvgIpc) is 3.27. The SMILES string of the molecule is Cc1nc2sc([C@H](c3ccccc3)N3CCN(c4ccc(F)cc4)CC3)c(O)n2n1. The summed E-state index contributed by atoms with van der Waals surface area (Å²) in [6, 6.07) is 16.8. The molecule has 1 aliphatic rings. The number of nitrogens with zero attached hydrogens (tertiary/aromatic N) is 5. The Bertz CT molecular complexity index is 1150. The number of rotatable bonds is 4. The fourth-order valence-electron chi connectivity index (χ4n) is 4.08. The molecule has 1 fully saturated rings. The van der Waals surface area contributed by atoms with Crippen LogP contribution in [0.5, 0.6) is 5.88 Å². The van der Waals surface area contributed by atoms with Crippen molar-refractivity contribution in [2.24, 2.45) is 0 Å². The van der Waals surface area contributed by atoms with E-state index in [1.807, 2.05) is 37.3 Å². The van der Waals surface area contributed by atoms with E-state index in [1.165, 1.54) is 28.0 Å². The number of thiazole rings is 1. The minimum absolute atomic E-state index is 0.0737. The summed E-state index contributed by atoms with van der Waals surface area (Å²) in [6.07, 6.45) is 0. The number of aromatic hydroxyl groups is 1. The number of aryl methyl sites for hydroxylation is 1. The Labute approximate surface area is 177 Å². The molecule has 5 rings (SSSR count). The molecule has 1 N–H and O–H groups in total. The lowest BCUT2D eigenvalue weighted by Gasteiger charge is -2.40. The molecule has 4 aromatic rings. The summed E-state index contributed by atoms with van der Waals surface area (Å²) in [6.45, 7) is 5.12. The number of hydrogen-bond acceptors (Lipinski definition) is 6. The summed E-state index contributed by atoms with van der Waals surface area (Å²) in [4.78, 5) is 10.6. The van der Waals surface area contributed by atoms with Crippen LogP contribution in [0.25, 0.3) is 4.96 Å². The molecule has 0 unspecified atom stereocenters. The zero-order chi connectivity index (χ0) is 20.7. The zero-order valence-corrected chi connectivity index (χ0v) is 17.4. The minimum Gasteiger partial charge on any atom is -0.492 e. The largest absolute Gasteiger partial charge is 0.492 e. The van der Waals surface area contributed by atoms with Crippen LogP contribution in [0.1, 0.15) is 22.3 Å². The van der Waals surface area contributed by atoms with Crippen molar-refractivity contribution in [2.75, 3.05) is 31.1 Å². The van der Waals surface area contributed by atoms with Gasteiger partial charge in [0.1, 0.15) is 11.6 Å². The normalized spacial score (nSPS) is 16.3. The monoisotopic (exact) mass is 423 g/mol. The molecule has 3 heterocycles. The van der Waals surface area contributed by atoms with E-state index in [1.54, 1.807) is 0 Å². The lowest BCUT2D eigenvalue weighted by atomic mass is 10.0. The van der Waals surface area contributed by atoms with Gasteiger partial charge in [-0.05, 0) is 36.8 Å². The first-order chi connectivity index (χ1) is 14.6. The minimum atomic E-state index is -0.219. The van der Waals surface area contributed by atoms with Crippen LogP contribution in [-0.4, -0.2) is 50.8 Å². The van der Waals surface area contributed by atoms with Gasteiger partial charge in [-0.1, -0.05) is 41.7 Å². The summed E-state index contributed by atoms with van der Waals surface area (Å²) >= 11 is 1.48. The molecule has 8 heteroatoms. The van der Waals surface area contributed by atoms with E-state index in [0.29, 0.717) is 10.8 Å². The van der Waals surface area contributed by atoms with Crippen LogP contribution in [0.3, 0.4) is 0 Å². The van der Waals surface area contributed by atoms with E-state index in [0.717, 1.165) is 42.3 Å². The summed E-state index contributed by atoms with van der Waals surface area (Å²) in [5.74, 6) is 0.584. The topological polar surface area (TPSA) is 56.9 Å². The number of hydrogen-bond donors (Lipinski definition) is 1. The molecule has 30 heavy (non-hydrogen) atoms. The first-order valence-corrected chi connectivity index (χ1v) is 10.8. The third kappa shape index (κ3) is 3.42. The van der Waals surface area contributed by atoms with E-state index < -0.39 is 0 Å². The smallest absolute Gasteiger partial charge is 0.230 e. The number of fused-ring (bicyclic) bond motifs is 1. The third-order valence-electron chi connectivity index (χ3n) is 5.54. The Balaban J connectivity index is 1.45. The Hall–Kier alpha value is -2.97. The highest BCUT2D eigenvalue weighted by atomic mass is 32.1. The maximum absolute atomic E-state index is 13.3. The molecule has 154 valence electrons. The second kappa shape index (κ2) is 7.70. The van der Waals surface area contributed by atoms with Crippen LogP contribution < -0.4 is 4.90 Å². The van der Waals surface area contributed by atoms with Crippen molar-refractivity contribution in [1.82, 2.24) is 19.5 Å². The van der Waals surface area contributed by atoms with Crippen molar-refractivity contribution in [3.63, 3.8) is 0 Å². The lowest BCUT2D eigenvalue weighted by molar-refractivity contribution is 0.211. The Morgan fingerprint density at radius 1 is 1.00 bits per heavy atom. The summed E-state index contributed by atoms with van der Waals surface area (Å²) in [5, 5.41) is 15.2. The van der Waals surface area contributed by atoms with E-state index >= 15 is 0 Å². The molecule has 2 aromatic carbocycles. The van der Waals surface area contributed by atoms with Crippen molar-refractivity contribution in [3.05, 3.63) is 76.7 Å².